The third-order valence-corrected chi connectivity index (χ3v) is 3.72. The molecule has 0 aromatic heterocycles. The topological polar surface area (TPSA) is 23.5 Å². The minimum atomic E-state index is -0.179. The van der Waals surface area contributed by atoms with E-state index in [-0.39, 0.29) is 17.2 Å². The summed E-state index contributed by atoms with van der Waals surface area (Å²) in [6, 6.07) is 0. The third kappa shape index (κ3) is 1.96. The fourth-order valence-electron chi connectivity index (χ4n) is 2.75. The van der Waals surface area contributed by atoms with Crippen LogP contribution >= 0.6 is 0 Å². The van der Waals surface area contributed by atoms with Crippen LogP contribution in [-0.2, 0) is 0 Å². The van der Waals surface area contributed by atoms with Gasteiger partial charge < -0.3 is 5.11 Å². The van der Waals surface area contributed by atoms with Crippen molar-refractivity contribution in [2.45, 2.75) is 71.1 Å². The van der Waals surface area contributed by atoms with Gasteiger partial charge in [0.1, 0.15) is 0 Å². The van der Waals surface area contributed by atoms with Crippen LogP contribution in [0.3, 0.4) is 0 Å². The fourth-order valence-corrected chi connectivity index (χ4v) is 2.75. The number of rotatable bonds is 2. The molecule has 0 amide bonds. The molecule has 2 heteroatoms. The highest BCUT2D eigenvalue weighted by Gasteiger charge is 2.45. The van der Waals surface area contributed by atoms with Crippen LogP contribution in [0.1, 0.15) is 53.9 Å². The summed E-state index contributed by atoms with van der Waals surface area (Å²) in [4.78, 5) is 2.47. The second kappa shape index (κ2) is 3.82. The van der Waals surface area contributed by atoms with E-state index < -0.39 is 0 Å². The largest absolute Gasteiger partial charge is 0.391 e. The molecule has 0 aromatic rings. The van der Waals surface area contributed by atoms with E-state index >= 15 is 0 Å². The third-order valence-electron chi connectivity index (χ3n) is 3.72. The van der Waals surface area contributed by atoms with Crippen molar-refractivity contribution in [1.29, 1.82) is 0 Å². The highest BCUT2D eigenvalue weighted by molar-refractivity contribution is 5.01. The first-order valence-corrected chi connectivity index (χ1v) is 5.78. The molecule has 84 valence electrons. The Morgan fingerprint density at radius 2 is 1.86 bits per heavy atom. The standard InChI is InChI=1S/C12H25NO/c1-6-9-13-11(2,3)8-7-10(14)12(13,4)5/h10,14H,6-9H2,1-5H3. The average Bonchev–Trinajstić information content (AvgIpc) is 2.07. The molecule has 1 N–H and O–H groups in total. The predicted molar refractivity (Wildman–Crippen MR) is 60.4 cm³/mol. The van der Waals surface area contributed by atoms with Crippen LogP contribution in [0.15, 0.2) is 0 Å². The lowest BCUT2D eigenvalue weighted by Crippen LogP contribution is -2.64. The first-order valence-electron chi connectivity index (χ1n) is 5.78. The van der Waals surface area contributed by atoms with Crippen LogP contribution in [0, 0.1) is 0 Å². The Balaban J connectivity index is 2.88. The van der Waals surface area contributed by atoms with E-state index in [2.05, 4.69) is 39.5 Å². The maximum absolute atomic E-state index is 10.0. The molecule has 0 bridgehead atoms. The molecule has 1 saturated heterocycles. The van der Waals surface area contributed by atoms with Gasteiger partial charge in [-0.3, -0.25) is 4.90 Å². The molecule has 1 fully saturated rings. The van der Waals surface area contributed by atoms with Gasteiger partial charge in [0.05, 0.1) is 6.10 Å². The van der Waals surface area contributed by atoms with Crippen molar-refractivity contribution in [2.24, 2.45) is 0 Å². The molecule has 0 aliphatic carbocycles. The molecular weight excluding hydrogens is 174 g/mol. The molecule has 14 heavy (non-hydrogen) atoms. The number of likely N-dealkylation sites (tertiary alicyclic amines) is 1. The molecule has 1 heterocycles. The molecule has 1 aliphatic rings. The average molecular weight is 199 g/mol. The van der Waals surface area contributed by atoms with Gasteiger partial charge in [-0.05, 0) is 53.5 Å². The maximum atomic E-state index is 10.0. The van der Waals surface area contributed by atoms with Crippen molar-refractivity contribution in [2.75, 3.05) is 6.54 Å². The Morgan fingerprint density at radius 3 is 2.36 bits per heavy atom. The zero-order chi connectivity index (χ0) is 11.0. The van der Waals surface area contributed by atoms with Gasteiger partial charge in [0.2, 0.25) is 0 Å². The molecule has 0 saturated carbocycles. The lowest BCUT2D eigenvalue weighted by atomic mass is 9.77. The quantitative estimate of drug-likeness (QED) is 0.738. The Kier molecular flexibility index (Phi) is 3.27. The number of aliphatic hydroxyl groups is 1. The number of piperidine rings is 1. The lowest BCUT2D eigenvalue weighted by Gasteiger charge is -2.55. The van der Waals surface area contributed by atoms with Gasteiger partial charge in [0.25, 0.3) is 0 Å². The van der Waals surface area contributed by atoms with E-state index in [1.54, 1.807) is 0 Å². The summed E-state index contributed by atoms with van der Waals surface area (Å²) in [5.41, 5.74) is 0.163. The van der Waals surface area contributed by atoms with Crippen molar-refractivity contribution in [3.8, 4) is 0 Å². The molecule has 0 aromatic carbocycles. The summed E-state index contributed by atoms with van der Waals surface area (Å²) in [6.45, 7) is 12.2. The van der Waals surface area contributed by atoms with E-state index in [4.69, 9.17) is 0 Å². The highest BCUT2D eigenvalue weighted by Crippen LogP contribution is 2.38. The van der Waals surface area contributed by atoms with Crippen molar-refractivity contribution >= 4 is 0 Å². The van der Waals surface area contributed by atoms with Crippen molar-refractivity contribution in [3.05, 3.63) is 0 Å². The van der Waals surface area contributed by atoms with Crippen molar-refractivity contribution < 1.29 is 5.11 Å². The van der Waals surface area contributed by atoms with Crippen LogP contribution in [-0.4, -0.2) is 33.7 Å². The number of nitrogens with zero attached hydrogens (tertiary/aromatic N) is 1. The molecule has 1 atom stereocenters. The van der Waals surface area contributed by atoms with Gasteiger partial charge >= 0.3 is 0 Å². The summed E-state index contributed by atoms with van der Waals surface area (Å²) < 4.78 is 0. The molecular formula is C12H25NO. The minimum absolute atomic E-state index is 0.0717. The van der Waals surface area contributed by atoms with Gasteiger partial charge in [0, 0.05) is 11.1 Å². The van der Waals surface area contributed by atoms with Crippen molar-refractivity contribution in [3.63, 3.8) is 0 Å². The van der Waals surface area contributed by atoms with E-state index in [1.807, 2.05) is 0 Å². The van der Waals surface area contributed by atoms with Gasteiger partial charge in [-0.2, -0.15) is 0 Å². The maximum Gasteiger partial charge on any atom is 0.0719 e. The van der Waals surface area contributed by atoms with Crippen LogP contribution in [0.4, 0.5) is 0 Å². The normalized spacial score (nSPS) is 31.7. The van der Waals surface area contributed by atoms with Gasteiger partial charge in [0.15, 0.2) is 0 Å². The second-order valence-corrected chi connectivity index (χ2v) is 5.67. The van der Waals surface area contributed by atoms with Crippen LogP contribution in [0.2, 0.25) is 0 Å². The van der Waals surface area contributed by atoms with Crippen LogP contribution < -0.4 is 0 Å². The molecule has 1 unspecified atom stereocenters. The van der Waals surface area contributed by atoms with Gasteiger partial charge in [-0.15, -0.1) is 0 Å². The fraction of sp³-hybridized carbons (Fsp3) is 1.00. The van der Waals surface area contributed by atoms with E-state index in [0.717, 1.165) is 25.8 Å². The van der Waals surface area contributed by atoms with E-state index in [1.165, 1.54) is 0 Å². The first-order chi connectivity index (χ1) is 6.32. The zero-order valence-electron chi connectivity index (χ0n) is 10.3. The molecule has 0 spiro atoms. The summed E-state index contributed by atoms with van der Waals surface area (Å²) >= 11 is 0. The molecule has 1 rings (SSSR count). The zero-order valence-corrected chi connectivity index (χ0v) is 10.3. The summed E-state index contributed by atoms with van der Waals surface area (Å²) in [7, 11) is 0. The smallest absolute Gasteiger partial charge is 0.0719 e. The Hall–Kier alpha value is -0.0800. The van der Waals surface area contributed by atoms with Crippen molar-refractivity contribution in [1.82, 2.24) is 4.90 Å². The van der Waals surface area contributed by atoms with Crippen LogP contribution in [0.5, 0.6) is 0 Å². The Bertz CT molecular complexity index is 198. The monoisotopic (exact) mass is 199 g/mol. The molecule has 0 radical (unpaired) electrons. The molecule has 2 nitrogen and oxygen atoms in total. The SMILES string of the molecule is CCCN1C(C)(C)CCC(O)C1(C)C. The molecule has 1 aliphatic heterocycles. The Morgan fingerprint density at radius 1 is 1.29 bits per heavy atom. The van der Waals surface area contributed by atoms with E-state index in [0.29, 0.717) is 0 Å². The van der Waals surface area contributed by atoms with Crippen LogP contribution in [0.25, 0.3) is 0 Å². The Labute approximate surface area is 88.3 Å². The predicted octanol–water partition coefficient (Wildman–Crippen LogP) is 2.41. The van der Waals surface area contributed by atoms with E-state index in [9.17, 15) is 5.11 Å². The highest BCUT2D eigenvalue weighted by atomic mass is 16.3. The van der Waals surface area contributed by atoms with Gasteiger partial charge in [-0.25, -0.2) is 0 Å². The number of hydrogen-bond donors (Lipinski definition) is 1. The minimum Gasteiger partial charge on any atom is -0.391 e. The summed E-state index contributed by atoms with van der Waals surface area (Å²) in [6.07, 6.45) is 3.00. The number of aliphatic hydroxyl groups excluding tert-OH is 1. The summed E-state index contributed by atoms with van der Waals surface area (Å²) in [5, 5.41) is 10.0. The number of hydrogen-bond acceptors (Lipinski definition) is 2. The summed E-state index contributed by atoms with van der Waals surface area (Å²) in [5.74, 6) is 0. The lowest BCUT2D eigenvalue weighted by molar-refractivity contribution is -0.104. The van der Waals surface area contributed by atoms with Gasteiger partial charge in [-0.1, -0.05) is 6.92 Å². The second-order valence-electron chi connectivity index (χ2n) is 5.67. The first kappa shape index (κ1) is 12.0.